The molecule has 0 saturated heterocycles. The highest BCUT2D eigenvalue weighted by molar-refractivity contribution is 7.98. The summed E-state index contributed by atoms with van der Waals surface area (Å²) in [6.45, 7) is 3.28. The van der Waals surface area contributed by atoms with Gasteiger partial charge in [0, 0.05) is 6.54 Å². The molecule has 10 heteroatoms. The van der Waals surface area contributed by atoms with Gasteiger partial charge in [0.15, 0.2) is 11.0 Å². The monoisotopic (exact) mass is 432 g/mol. The zero-order chi connectivity index (χ0) is 21.2. The minimum absolute atomic E-state index is 0.0807. The van der Waals surface area contributed by atoms with E-state index in [1.165, 1.54) is 11.8 Å². The van der Waals surface area contributed by atoms with E-state index in [2.05, 4.69) is 32.6 Å². The van der Waals surface area contributed by atoms with E-state index < -0.39 is 0 Å². The summed E-state index contributed by atoms with van der Waals surface area (Å²) < 4.78 is 5.42. The molecule has 156 valence electrons. The van der Waals surface area contributed by atoms with Gasteiger partial charge in [-0.05, 0) is 34.5 Å². The van der Waals surface area contributed by atoms with Crippen LogP contribution in [0.5, 0.6) is 0 Å². The fourth-order valence-electron chi connectivity index (χ4n) is 3.58. The van der Waals surface area contributed by atoms with Crippen LogP contribution < -0.4 is 5.56 Å². The summed E-state index contributed by atoms with van der Waals surface area (Å²) in [6, 6.07) is 17.4. The van der Waals surface area contributed by atoms with Crippen molar-refractivity contribution in [2.24, 2.45) is 0 Å². The Morgan fingerprint density at radius 3 is 2.61 bits per heavy atom. The summed E-state index contributed by atoms with van der Waals surface area (Å²) in [5.41, 5.74) is 1.73. The Morgan fingerprint density at radius 2 is 1.77 bits per heavy atom. The first kappa shape index (κ1) is 19.4. The molecule has 0 radical (unpaired) electrons. The van der Waals surface area contributed by atoms with Crippen molar-refractivity contribution in [1.29, 1.82) is 0 Å². The maximum Gasteiger partial charge on any atom is 0.263 e. The van der Waals surface area contributed by atoms with Gasteiger partial charge >= 0.3 is 0 Å². The summed E-state index contributed by atoms with van der Waals surface area (Å²) in [5, 5.41) is 22.1. The van der Waals surface area contributed by atoms with Crippen molar-refractivity contribution in [3.05, 3.63) is 76.3 Å². The Balaban J connectivity index is 1.61. The van der Waals surface area contributed by atoms with Crippen LogP contribution in [0.25, 0.3) is 16.7 Å². The van der Waals surface area contributed by atoms with Crippen LogP contribution in [0.15, 0.2) is 64.5 Å². The van der Waals surface area contributed by atoms with Crippen LogP contribution in [-0.2, 0) is 18.8 Å². The minimum atomic E-state index is -0.0807. The van der Waals surface area contributed by atoms with Gasteiger partial charge in [0.25, 0.3) is 5.56 Å². The van der Waals surface area contributed by atoms with Crippen LogP contribution in [0.3, 0.4) is 0 Å². The number of para-hydroxylation sites is 1. The molecule has 0 bridgehead atoms. The number of fused-ring (bicyclic) bond motifs is 3. The number of hydrogen-bond acceptors (Lipinski definition) is 7. The van der Waals surface area contributed by atoms with Crippen LogP contribution >= 0.6 is 11.8 Å². The van der Waals surface area contributed by atoms with Gasteiger partial charge in [0.2, 0.25) is 5.78 Å². The van der Waals surface area contributed by atoms with Crippen LogP contribution in [0.2, 0.25) is 0 Å². The number of tetrazole rings is 1. The molecule has 0 atom stereocenters. The predicted molar refractivity (Wildman–Crippen MR) is 118 cm³/mol. The van der Waals surface area contributed by atoms with Gasteiger partial charge in [0.1, 0.15) is 0 Å². The van der Waals surface area contributed by atoms with Gasteiger partial charge in [-0.25, -0.2) is 4.68 Å². The zero-order valence-corrected chi connectivity index (χ0v) is 17.7. The first-order chi connectivity index (χ1) is 15.3. The molecule has 0 spiro atoms. The summed E-state index contributed by atoms with van der Waals surface area (Å²) in [6.07, 6.45) is 0.951. The topological polar surface area (TPSA) is 95.8 Å². The van der Waals surface area contributed by atoms with Gasteiger partial charge < -0.3 is 0 Å². The largest absolute Gasteiger partial charge is 0.272 e. The number of aromatic nitrogens is 8. The third-order valence-corrected chi connectivity index (χ3v) is 5.96. The minimum Gasteiger partial charge on any atom is -0.272 e. The third kappa shape index (κ3) is 3.59. The zero-order valence-electron chi connectivity index (χ0n) is 16.9. The summed E-state index contributed by atoms with van der Waals surface area (Å²) in [7, 11) is 0. The molecule has 31 heavy (non-hydrogen) atoms. The summed E-state index contributed by atoms with van der Waals surface area (Å²) in [5.74, 6) is 1.86. The van der Waals surface area contributed by atoms with Crippen molar-refractivity contribution in [1.82, 2.24) is 39.4 Å². The van der Waals surface area contributed by atoms with Gasteiger partial charge in [-0.2, -0.15) is 0 Å². The van der Waals surface area contributed by atoms with Crippen LogP contribution in [0.1, 0.15) is 24.7 Å². The molecule has 5 aromatic rings. The van der Waals surface area contributed by atoms with Crippen molar-refractivity contribution in [2.45, 2.75) is 37.3 Å². The van der Waals surface area contributed by atoms with Crippen LogP contribution in [-0.4, -0.2) is 39.4 Å². The molecular weight excluding hydrogens is 412 g/mol. The molecule has 3 aromatic heterocycles. The highest BCUT2D eigenvalue weighted by atomic mass is 32.2. The molecule has 9 nitrogen and oxygen atoms in total. The molecule has 0 aliphatic rings. The van der Waals surface area contributed by atoms with Crippen molar-refractivity contribution >= 4 is 28.4 Å². The summed E-state index contributed by atoms with van der Waals surface area (Å²) in [4.78, 5) is 13.3. The first-order valence-corrected chi connectivity index (χ1v) is 11.0. The van der Waals surface area contributed by atoms with Crippen LogP contribution in [0.4, 0.5) is 0 Å². The smallest absolute Gasteiger partial charge is 0.263 e. The second-order valence-electron chi connectivity index (χ2n) is 7.12. The Morgan fingerprint density at radius 1 is 0.968 bits per heavy atom. The molecule has 0 N–H and O–H groups in total. The second kappa shape index (κ2) is 8.31. The van der Waals surface area contributed by atoms with Crippen molar-refractivity contribution in [2.75, 3.05) is 0 Å². The lowest BCUT2D eigenvalue weighted by atomic mass is 10.2. The first-order valence-electron chi connectivity index (χ1n) is 10.0. The maximum absolute atomic E-state index is 13.3. The van der Waals surface area contributed by atoms with Gasteiger partial charge in [-0.3, -0.25) is 13.8 Å². The Labute approximate surface area is 181 Å². The Bertz CT molecular complexity index is 1410. The van der Waals surface area contributed by atoms with Crippen molar-refractivity contribution in [3.63, 3.8) is 0 Å². The molecule has 0 unspecified atom stereocenters. The highest BCUT2D eigenvalue weighted by Gasteiger charge is 2.18. The van der Waals surface area contributed by atoms with Gasteiger partial charge in [0.05, 0.1) is 23.2 Å². The lowest BCUT2D eigenvalue weighted by Gasteiger charge is -2.11. The molecule has 3 heterocycles. The molecular formula is C21H20N8OS. The molecule has 5 rings (SSSR count). The number of thioether (sulfide) groups is 1. The molecule has 0 fully saturated rings. The number of benzene rings is 2. The predicted octanol–water partition coefficient (Wildman–Crippen LogP) is 2.78. The quantitative estimate of drug-likeness (QED) is 0.365. The normalized spacial score (nSPS) is 11.5. The molecule has 0 aliphatic heterocycles. The average Bonchev–Trinajstić information content (AvgIpc) is 3.43. The number of nitrogens with zero attached hydrogens (tertiary/aromatic N) is 8. The molecule has 0 amide bonds. The molecule has 0 aliphatic carbocycles. The summed E-state index contributed by atoms with van der Waals surface area (Å²) >= 11 is 1.50. The van der Waals surface area contributed by atoms with E-state index in [0.29, 0.717) is 28.6 Å². The highest BCUT2D eigenvalue weighted by Crippen LogP contribution is 2.24. The van der Waals surface area contributed by atoms with E-state index in [9.17, 15) is 4.79 Å². The lowest BCUT2D eigenvalue weighted by molar-refractivity contribution is 0.564. The van der Waals surface area contributed by atoms with E-state index >= 15 is 0 Å². The number of hydrogen-bond donors (Lipinski definition) is 0. The van der Waals surface area contributed by atoms with E-state index in [4.69, 9.17) is 0 Å². The molecule has 2 aromatic carbocycles. The third-order valence-electron chi connectivity index (χ3n) is 5.03. The lowest BCUT2D eigenvalue weighted by Crippen LogP contribution is -2.24. The standard InChI is InChI=1S/C21H20N8OS/c1-2-12-28-18(22-25-26-28)14-31-21-24-23-20-27(13-15-8-4-3-5-9-15)19(30)16-10-6-7-11-17(16)29(20)21/h3-11H,2,12-14H2,1H3. The van der Waals surface area contributed by atoms with Crippen LogP contribution in [0, 0.1) is 0 Å². The maximum atomic E-state index is 13.3. The van der Waals surface area contributed by atoms with Gasteiger partial charge in [-0.15, -0.1) is 15.3 Å². The fourth-order valence-corrected chi connectivity index (χ4v) is 4.45. The number of rotatable bonds is 7. The SMILES string of the molecule is CCCn1nnnc1CSc1nnc2n(Cc3ccccc3)c(=O)c3ccccc3n12. The van der Waals surface area contributed by atoms with Crippen molar-refractivity contribution in [3.8, 4) is 0 Å². The van der Waals surface area contributed by atoms with E-state index in [-0.39, 0.29) is 5.56 Å². The van der Waals surface area contributed by atoms with E-state index in [0.717, 1.165) is 29.9 Å². The fraction of sp³-hybridized carbons (Fsp3) is 0.238. The van der Waals surface area contributed by atoms with Gasteiger partial charge in [-0.1, -0.05) is 61.2 Å². The molecule has 0 saturated carbocycles. The van der Waals surface area contributed by atoms with E-state index in [1.807, 2.05) is 59.0 Å². The Hall–Kier alpha value is -3.53. The van der Waals surface area contributed by atoms with E-state index in [1.54, 1.807) is 9.25 Å². The second-order valence-corrected chi connectivity index (χ2v) is 8.06. The average molecular weight is 433 g/mol. The van der Waals surface area contributed by atoms with Crippen molar-refractivity contribution < 1.29 is 0 Å². The Kier molecular flexibility index (Phi) is 5.21. The number of aryl methyl sites for hydroxylation is 1.